The van der Waals surface area contributed by atoms with Crippen molar-refractivity contribution in [2.24, 2.45) is 0 Å². The molecule has 0 saturated carbocycles. The van der Waals surface area contributed by atoms with Crippen LogP contribution >= 0.6 is 15.9 Å². The molecule has 0 aliphatic rings. The van der Waals surface area contributed by atoms with Gasteiger partial charge in [0.15, 0.2) is 0 Å². The third-order valence-electron chi connectivity index (χ3n) is 2.66. The van der Waals surface area contributed by atoms with Crippen LogP contribution in [0.5, 0.6) is 0 Å². The second kappa shape index (κ2) is 7.28. The van der Waals surface area contributed by atoms with Gasteiger partial charge in [0.1, 0.15) is 6.04 Å². The van der Waals surface area contributed by atoms with E-state index in [4.69, 9.17) is 0 Å². The van der Waals surface area contributed by atoms with Gasteiger partial charge in [0.25, 0.3) is 5.91 Å². The van der Waals surface area contributed by atoms with E-state index in [0.717, 1.165) is 16.5 Å². The molecule has 19 heavy (non-hydrogen) atoms. The Hall–Kier alpha value is -1.36. The van der Waals surface area contributed by atoms with Gasteiger partial charge < -0.3 is 10.6 Å². The number of hydrogen-bond donors (Lipinski definition) is 2. The Morgan fingerprint density at radius 2 is 2.05 bits per heavy atom. The fraction of sp³-hybridized carbons (Fsp3) is 0.429. The van der Waals surface area contributed by atoms with E-state index in [1.165, 1.54) is 0 Å². The third kappa shape index (κ3) is 4.67. The molecule has 0 heterocycles. The minimum absolute atomic E-state index is 0.168. The van der Waals surface area contributed by atoms with Crippen molar-refractivity contribution in [3.05, 3.63) is 33.8 Å². The first-order valence-corrected chi connectivity index (χ1v) is 7.09. The highest BCUT2D eigenvalue weighted by Gasteiger charge is 2.17. The van der Waals surface area contributed by atoms with Gasteiger partial charge in [-0.15, -0.1) is 0 Å². The second-order valence-electron chi connectivity index (χ2n) is 4.47. The first-order chi connectivity index (χ1) is 8.95. The monoisotopic (exact) mass is 326 g/mol. The number of nitrogens with one attached hydrogen (secondary N) is 2. The number of carbonyl (C=O) groups excluding carboxylic acids is 2. The third-order valence-corrected chi connectivity index (χ3v) is 3.35. The second-order valence-corrected chi connectivity index (χ2v) is 5.32. The lowest BCUT2D eigenvalue weighted by molar-refractivity contribution is -0.122. The van der Waals surface area contributed by atoms with Crippen LogP contribution in [-0.4, -0.2) is 24.4 Å². The Balaban J connectivity index is 2.68. The van der Waals surface area contributed by atoms with Crippen LogP contribution in [0.1, 0.15) is 36.2 Å². The molecule has 0 fully saturated rings. The molecule has 1 aromatic carbocycles. The lowest BCUT2D eigenvalue weighted by atomic mass is 10.1. The summed E-state index contributed by atoms with van der Waals surface area (Å²) in [5.41, 5.74) is 1.53. The van der Waals surface area contributed by atoms with Gasteiger partial charge in [-0.2, -0.15) is 0 Å². The molecule has 0 spiro atoms. The van der Waals surface area contributed by atoms with Crippen molar-refractivity contribution in [1.82, 2.24) is 10.6 Å². The van der Waals surface area contributed by atoms with Crippen LogP contribution in [0.4, 0.5) is 0 Å². The Morgan fingerprint density at radius 1 is 1.37 bits per heavy atom. The van der Waals surface area contributed by atoms with Crippen molar-refractivity contribution in [3.8, 4) is 0 Å². The molecule has 5 heteroatoms. The average molecular weight is 327 g/mol. The topological polar surface area (TPSA) is 58.2 Å². The Bertz CT molecular complexity index is 475. The lowest BCUT2D eigenvalue weighted by Gasteiger charge is -2.14. The zero-order valence-electron chi connectivity index (χ0n) is 11.4. The summed E-state index contributed by atoms with van der Waals surface area (Å²) in [4.78, 5) is 23.8. The predicted molar refractivity (Wildman–Crippen MR) is 79.1 cm³/mol. The zero-order chi connectivity index (χ0) is 14.4. The average Bonchev–Trinajstić information content (AvgIpc) is 2.38. The van der Waals surface area contributed by atoms with Gasteiger partial charge in [0, 0.05) is 11.0 Å². The molecule has 1 rings (SSSR count). The van der Waals surface area contributed by atoms with Gasteiger partial charge >= 0.3 is 0 Å². The molecule has 0 saturated heterocycles. The number of halogens is 1. The van der Waals surface area contributed by atoms with Crippen LogP contribution < -0.4 is 10.6 Å². The quantitative estimate of drug-likeness (QED) is 0.872. The number of carbonyl (C=O) groups is 2. The van der Waals surface area contributed by atoms with E-state index in [9.17, 15) is 9.59 Å². The van der Waals surface area contributed by atoms with E-state index in [0.29, 0.717) is 12.1 Å². The molecule has 104 valence electrons. The molecule has 0 bridgehead atoms. The normalized spacial score (nSPS) is 11.8. The highest BCUT2D eigenvalue weighted by Crippen LogP contribution is 2.18. The zero-order valence-corrected chi connectivity index (χ0v) is 13.0. The fourth-order valence-electron chi connectivity index (χ4n) is 1.55. The summed E-state index contributed by atoms with van der Waals surface area (Å²) in [5.74, 6) is -0.423. The standard InChI is InChI=1S/C14H19BrN2O2/c1-4-7-16-13(18)10(3)17-14(19)11-8-9(2)5-6-12(11)15/h5-6,8,10H,4,7H2,1-3H3,(H,16,18)(H,17,19). The maximum atomic E-state index is 12.1. The van der Waals surface area contributed by atoms with Gasteiger partial charge in [-0.05, 0) is 48.3 Å². The van der Waals surface area contributed by atoms with Crippen LogP contribution in [-0.2, 0) is 4.79 Å². The van der Waals surface area contributed by atoms with Crippen molar-refractivity contribution in [1.29, 1.82) is 0 Å². The van der Waals surface area contributed by atoms with Crippen molar-refractivity contribution >= 4 is 27.7 Å². The molecule has 2 N–H and O–H groups in total. The minimum Gasteiger partial charge on any atom is -0.354 e. The van der Waals surface area contributed by atoms with E-state index < -0.39 is 6.04 Å². The molecular formula is C14H19BrN2O2. The van der Waals surface area contributed by atoms with E-state index in [1.54, 1.807) is 13.0 Å². The molecule has 0 aliphatic carbocycles. The van der Waals surface area contributed by atoms with Crippen molar-refractivity contribution in [2.45, 2.75) is 33.2 Å². The largest absolute Gasteiger partial charge is 0.354 e. The summed E-state index contributed by atoms with van der Waals surface area (Å²) in [7, 11) is 0. The molecule has 1 unspecified atom stereocenters. The van der Waals surface area contributed by atoms with Gasteiger partial charge in [0.2, 0.25) is 5.91 Å². The maximum absolute atomic E-state index is 12.1. The number of benzene rings is 1. The minimum atomic E-state index is -0.550. The summed E-state index contributed by atoms with van der Waals surface area (Å²) in [6.07, 6.45) is 0.871. The van der Waals surface area contributed by atoms with E-state index in [1.807, 2.05) is 26.0 Å². The number of amides is 2. The Morgan fingerprint density at radius 3 is 2.68 bits per heavy atom. The first kappa shape index (κ1) is 15.7. The number of aryl methyl sites for hydroxylation is 1. The van der Waals surface area contributed by atoms with Crippen LogP contribution in [0.2, 0.25) is 0 Å². The molecular weight excluding hydrogens is 308 g/mol. The maximum Gasteiger partial charge on any atom is 0.253 e. The smallest absolute Gasteiger partial charge is 0.253 e. The van der Waals surface area contributed by atoms with Gasteiger partial charge in [-0.1, -0.05) is 18.6 Å². The summed E-state index contributed by atoms with van der Waals surface area (Å²) in [6.45, 7) is 6.19. The van der Waals surface area contributed by atoms with Crippen LogP contribution in [0.15, 0.2) is 22.7 Å². The van der Waals surface area contributed by atoms with Crippen LogP contribution in [0.3, 0.4) is 0 Å². The van der Waals surface area contributed by atoms with Crippen molar-refractivity contribution in [2.75, 3.05) is 6.54 Å². The number of rotatable bonds is 5. The Kier molecular flexibility index (Phi) is 6.02. The summed E-state index contributed by atoms with van der Waals surface area (Å²) in [6, 6.07) is 4.98. The summed E-state index contributed by atoms with van der Waals surface area (Å²) < 4.78 is 0.719. The van der Waals surface area contributed by atoms with Gasteiger partial charge in [-0.3, -0.25) is 9.59 Å². The SMILES string of the molecule is CCCNC(=O)C(C)NC(=O)c1cc(C)ccc1Br. The highest BCUT2D eigenvalue weighted by molar-refractivity contribution is 9.10. The lowest BCUT2D eigenvalue weighted by Crippen LogP contribution is -2.45. The highest BCUT2D eigenvalue weighted by atomic mass is 79.9. The van der Waals surface area contributed by atoms with Gasteiger partial charge in [-0.25, -0.2) is 0 Å². The van der Waals surface area contributed by atoms with Crippen LogP contribution in [0.25, 0.3) is 0 Å². The predicted octanol–water partition coefficient (Wildman–Crippen LogP) is 2.40. The van der Waals surface area contributed by atoms with E-state index >= 15 is 0 Å². The van der Waals surface area contributed by atoms with E-state index in [-0.39, 0.29) is 11.8 Å². The molecule has 0 radical (unpaired) electrons. The Labute approximate surface area is 122 Å². The molecule has 0 aliphatic heterocycles. The first-order valence-electron chi connectivity index (χ1n) is 6.30. The summed E-state index contributed by atoms with van der Waals surface area (Å²) in [5, 5.41) is 5.44. The molecule has 4 nitrogen and oxygen atoms in total. The molecule has 1 aromatic rings. The molecule has 0 aromatic heterocycles. The van der Waals surface area contributed by atoms with E-state index in [2.05, 4.69) is 26.6 Å². The number of hydrogen-bond acceptors (Lipinski definition) is 2. The van der Waals surface area contributed by atoms with Crippen molar-refractivity contribution < 1.29 is 9.59 Å². The van der Waals surface area contributed by atoms with Crippen LogP contribution in [0, 0.1) is 6.92 Å². The van der Waals surface area contributed by atoms with Gasteiger partial charge in [0.05, 0.1) is 5.56 Å². The molecule has 2 amide bonds. The summed E-state index contributed by atoms with van der Waals surface area (Å²) >= 11 is 3.34. The fourth-order valence-corrected chi connectivity index (χ4v) is 1.98. The molecule has 1 atom stereocenters. The van der Waals surface area contributed by atoms with Crippen molar-refractivity contribution in [3.63, 3.8) is 0 Å².